The van der Waals surface area contributed by atoms with Gasteiger partial charge in [0.15, 0.2) is 0 Å². The summed E-state index contributed by atoms with van der Waals surface area (Å²) >= 11 is 5.72. The van der Waals surface area contributed by atoms with E-state index in [1.165, 1.54) is 12.1 Å². The molecule has 5 heteroatoms. The van der Waals surface area contributed by atoms with Gasteiger partial charge in [-0.15, -0.1) is 6.58 Å². The molecule has 0 saturated heterocycles. The molecule has 1 rings (SSSR count). The molecule has 0 aliphatic rings. The predicted molar refractivity (Wildman–Crippen MR) is 64.1 cm³/mol. The molecular weight excluding hydrogens is 228 g/mol. The molecule has 1 atom stereocenters. The SMILES string of the molecule is C=CCC(C)Nc1cc(C(=O)O)cc(Cl)n1. The van der Waals surface area contributed by atoms with E-state index in [1.807, 2.05) is 6.92 Å². The first-order chi connectivity index (χ1) is 7.52. The van der Waals surface area contributed by atoms with Gasteiger partial charge in [0, 0.05) is 6.04 Å². The first kappa shape index (κ1) is 12.5. The van der Waals surface area contributed by atoms with E-state index in [2.05, 4.69) is 16.9 Å². The fraction of sp³-hybridized carbons (Fsp3) is 0.273. The molecule has 1 heterocycles. The van der Waals surface area contributed by atoms with Gasteiger partial charge in [0.05, 0.1) is 5.56 Å². The largest absolute Gasteiger partial charge is 0.478 e. The molecule has 0 saturated carbocycles. The zero-order valence-electron chi connectivity index (χ0n) is 8.90. The third-order valence-corrected chi connectivity index (χ3v) is 2.15. The summed E-state index contributed by atoms with van der Waals surface area (Å²) in [5.74, 6) is -0.567. The number of nitrogens with zero attached hydrogens (tertiary/aromatic N) is 1. The molecule has 1 aromatic heterocycles. The number of pyridine rings is 1. The van der Waals surface area contributed by atoms with Crippen molar-refractivity contribution in [2.75, 3.05) is 5.32 Å². The van der Waals surface area contributed by atoms with Crippen LogP contribution in [0.4, 0.5) is 5.82 Å². The van der Waals surface area contributed by atoms with E-state index in [0.29, 0.717) is 5.82 Å². The summed E-state index contributed by atoms with van der Waals surface area (Å²) in [4.78, 5) is 14.8. The minimum absolute atomic E-state index is 0.119. The molecule has 0 bridgehead atoms. The fourth-order valence-corrected chi connectivity index (χ4v) is 1.46. The van der Waals surface area contributed by atoms with Crippen LogP contribution in [0.25, 0.3) is 0 Å². The number of carbonyl (C=O) groups is 1. The lowest BCUT2D eigenvalue weighted by Gasteiger charge is -2.12. The Labute approximate surface area is 99.0 Å². The second kappa shape index (κ2) is 5.51. The Hall–Kier alpha value is -1.55. The van der Waals surface area contributed by atoms with Crippen molar-refractivity contribution in [2.24, 2.45) is 0 Å². The number of hydrogen-bond acceptors (Lipinski definition) is 3. The van der Waals surface area contributed by atoms with Crippen LogP contribution in [0.2, 0.25) is 5.15 Å². The van der Waals surface area contributed by atoms with E-state index in [0.717, 1.165) is 6.42 Å². The molecule has 2 N–H and O–H groups in total. The molecule has 0 aromatic carbocycles. The highest BCUT2D eigenvalue weighted by molar-refractivity contribution is 6.29. The number of aromatic carboxylic acids is 1. The average molecular weight is 241 g/mol. The highest BCUT2D eigenvalue weighted by atomic mass is 35.5. The number of halogens is 1. The van der Waals surface area contributed by atoms with Crippen molar-refractivity contribution in [2.45, 2.75) is 19.4 Å². The van der Waals surface area contributed by atoms with Crippen molar-refractivity contribution in [1.29, 1.82) is 0 Å². The van der Waals surface area contributed by atoms with Crippen molar-refractivity contribution >= 4 is 23.4 Å². The third kappa shape index (κ3) is 3.55. The summed E-state index contributed by atoms with van der Waals surface area (Å²) in [6.07, 6.45) is 2.54. The van der Waals surface area contributed by atoms with E-state index >= 15 is 0 Å². The molecule has 16 heavy (non-hydrogen) atoms. The van der Waals surface area contributed by atoms with Gasteiger partial charge in [-0.1, -0.05) is 17.7 Å². The van der Waals surface area contributed by atoms with Crippen LogP contribution in [-0.4, -0.2) is 22.1 Å². The highest BCUT2D eigenvalue weighted by Gasteiger charge is 2.08. The molecule has 0 aliphatic carbocycles. The lowest BCUT2D eigenvalue weighted by Crippen LogP contribution is -2.15. The van der Waals surface area contributed by atoms with E-state index in [4.69, 9.17) is 16.7 Å². The van der Waals surface area contributed by atoms with Gasteiger partial charge >= 0.3 is 5.97 Å². The summed E-state index contributed by atoms with van der Waals surface area (Å²) in [5, 5.41) is 12.0. The van der Waals surface area contributed by atoms with Gasteiger partial charge in [-0.05, 0) is 25.5 Å². The second-order valence-electron chi connectivity index (χ2n) is 3.44. The minimum atomic E-state index is -1.02. The van der Waals surface area contributed by atoms with Crippen LogP contribution in [0.1, 0.15) is 23.7 Å². The quantitative estimate of drug-likeness (QED) is 0.614. The molecule has 0 fully saturated rings. The molecule has 0 radical (unpaired) electrons. The van der Waals surface area contributed by atoms with E-state index < -0.39 is 5.97 Å². The first-order valence-corrected chi connectivity index (χ1v) is 5.19. The number of carboxylic acid groups (broad SMARTS) is 1. The van der Waals surface area contributed by atoms with E-state index in [9.17, 15) is 4.79 Å². The van der Waals surface area contributed by atoms with Gasteiger partial charge < -0.3 is 10.4 Å². The number of hydrogen-bond donors (Lipinski definition) is 2. The van der Waals surface area contributed by atoms with Crippen molar-refractivity contribution in [3.05, 3.63) is 35.5 Å². The smallest absolute Gasteiger partial charge is 0.335 e. The third-order valence-electron chi connectivity index (χ3n) is 1.96. The Balaban J connectivity index is 2.87. The van der Waals surface area contributed by atoms with Crippen molar-refractivity contribution < 1.29 is 9.90 Å². The topological polar surface area (TPSA) is 62.2 Å². The predicted octanol–water partition coefficient (Wildman–Crippen LogP) is 2.81. The lowest BCUT2D eigenvalue weighted by molar-refractivity contribution is 0.0697. The first-order valence-electron chi connectivity index (χ1n) is 4.81. The molecule has 4 nitrogen and oxygen atoms in total. The zero-order chi connectivity index (χ0) is 12.1. The summed E-state index contributed by atoms with van der Waals surface area (Å²) in [6.45, 7) is 5.57. The van der Waals surface area contributed by atoms with Crippen LogP contribution in [0.5, 0.6) is 0 Å². The van der Waals surface area contributed by atoms with E-state index in [-0.39, 0.29) is 16.8 Å². The molecule has 0 aliphatic heterocycles. The van der Waals surface area contributed by atoms with Gasteiger partial charge in [-0.2, -0.15) is 0 Å². The van der Waals surface area contributed by atoms with Crippen molar-refractivity contribution in [3.8, 4) is 0 Å². The Kier molecular flexibility index (Phi) is 4.31. The van der Waals surface area contributed by atoms with Crippen LogP contribution in [0, 0.1) is 0 Å². The maximum atomic E-state index is 10.8. The Morgan fingerprint density at radius 1 is 1.75 bits per heavy atom. The standard InChI is InChI=1S/C11H13ClN2O2/c1-3-4-7(2)13-10-6-8(11(15)16)5-9(12)14-10/h3,5-7H,1,4H2,2H3,(H,13,14)(H,15,16). The molecule has 0 amide bonds. The van der Waals surface area contributed by atoms with Crippen LogP contribution in [0.3, 0.4) is 0 Å². The number of anilines is 1. The number of nitrogens with one attached hydrogen (secondary N) is 1. The van der Waals surface area contributed by atoms with Gasteiger partial charge in [0.1, 0.15) is 11.0 Å². The van der Waals surface area contributed by atoms with Gasteiger partial charge in [-0.3, -0.25) is 0 Å². The number of carboxylic acids is 1. The summed E-state index contributed by atoms with van der Waals surface area (Å²) < 4.78 is 0. The lowest BCUT2D eigenvalue weighted by atomic mass is 10.2. The van der Waals surface area contributed by atoms with Crippen LogP contribution in [0.15, 0.2) is 24.8 Å². The fourth-order valence-electron chi connectivity index (χ4n) is 1.26. The Morgan fingerprint density at radius 3 is 3.00 bits per heavy atom. The monoisotopic (exact) mass is 240 g/mol. The molecule has 1 aromatic rings. The molecule has 86 valence electrons. The van der Waals surface area contributed by atoms with Gasteiger partial charge in [-0.25, -0.2) is 9.78 Å². The zero-order valence-corrected chi connectivity index (χ0v) is 9.66. The Morgan fingerprint density at radius 2 is 2.44 bits per heavy atom. The molecular formula is C11H13ClN2O2. The van der Waals surface area contributed by atoms with Gasteiger partial charge in [0.25, 0.3) is 0 Å². The Bertz CT molecular complexity index is 407. The maximum absolute atomic E-state index is 10.8. The summed E-state index contributed by atoms with van der Waals surface area (Å²) in [5.41, 5.74) is 0.119. The molecule has 0 spiro atoms. The van der Waals surface area contributed by atoms with Crippen molar-refractivity contribution in [3.63, 3.8) is 0 Å². The summed E-state index contributed by atoms with van der Waals surface area (Å²) in [6, 6.07) is 2.89. The average Bonchev–Trinajstić information content (AvgIpc) is 2.16. The highest BCUT2D eigenvalue weighted by Crippen LogP contribution is 2.15. The number of aromatic nitrogens is 1. The normalized spacial score (nSPS) is 11.9. The van der Waals surface area contributed by atoms with Gasteiger partial charge in [0.2, 0.25) is 0 Å². The van der Waals surface area contributed by atoms with Crippen LogP contribution < -0.4 is 5.32 Å². The van der Waals surface area contributed by atoms with Crippen LogP contribution >= 0.6 is 11.6 Å². The summed E-state index contributed by atoms with van der Waals surface area (Å²) in [7, 11) is 0. The van der Waals surface area contributed by atoms with E-state index in [1.54, 1.807) is 6.08 Å². The molecule has 1 unspecified atom stereocenters. The second-order valence-corrected chi connectivity index (χ2v) is 3.83. The minimum Gasteiger partial charge on any atom is -0.478 e. The van der Waals surface area contributed by atoms with Crippen molar-refractivity contribution in [1.82, 2.24) is 4.98 Å². The maximum Gasteiger partial charge on any atom is 0.335 e. The number of rotatable bonds is 5. The van der Waals surface area contributed by atoms with Crippen LogP contribution in [-0.2, 0) is 0 Å².